The van der Waals surface area contributed by atoms with Crippen molar-refractivity contribution in [1.82, 2.24) is 9.97 Å². The Morgan fingerprint density at radius 1 is 1.18 bits per heavy atom. The summed E-state index contributed by atoms with van der Waals surface area (Å²) in [5.74, 6) is 0.727. The first kappa shape index (κ1) is 6.18. The monoisotopic (exact) mass is 147 g/mol. The molecule has 1 aliphatic rings. The first-order valence-electron chi connectivity index (χ1n) is 3.31. The van der Waals surface area contributed by atoms with Gasteiger partial charge in [-0.3, -0.25) is 0 Å². The molecule has 0 saturated heterocycles. The lowest BCUT2D eigenvalue weighted by Crippen LogP contribution is -3.00. The number of nitrogens with zero attached hydrogens (tertiary/aromatic N) is 3. The molecule has 0 fully saturated rings. The third-order valence-corrected chi connectivity index (χ3v) is 1.38. The quantitative estimate of drug-likeness (QED) is 0.582. The molecular weight excluding hydrogens is 140 g/mol. The zero-order chi connectivity index (χ0) is 7.52. The van der Waals surface area contributed by atoms with Gasteiger partial charge >= 0.3 is 5.95 Å². The lowest BCUT2D eigenvalue weighted by molar-refractivity contribution is -0.661. The lowest BCUT2D eigenvalue weighted by Gasteiger charge is -1.98. The molecule has 1 aromatic rings. The molecule has 1 N–H and O–H groups in total. The minimum atomic E-state index is 0.727. The van der Waals surface area contributed by atoms with Gasteiger partial charge in [-0.2, -0.15) is 14.9 Å². The Morgan fingerprint density at radius 3 is 2.64 bits per heavy atom. The molecule has 1 atom stereocenters. The van der Waals surface area contributed by atoms with E-state index in [2.05, 4.69) is 15.0 Å². The van der Waals surface area contributed by atoms with Crippen LogP contribution in [0.3, 0.4) is 0 Å². The van der Waals surface area contributed by atoms with Crippen LogP contribution in [0.15, 0.2) is 35.9 Å². The minimum Gasteiger partial charge on any atom is -0.205 e. The van der Waals surface area contributed by atoms with E-state index < -0.39 is 0 Å². The SMILES string of the molecule is C1=C[NH+](c2ncccn2)C=N1. The summed E-state index contributed by atoms with van der Waals surface area (Å²) in [4.78, 5) is 13.0. The standard InChI is InChI=1S/C7H6N4/c1-2-9-7(10-3-1)11-5-4-8-6-11/h1-6H/p+1. The molecule has 0 radical (unpaired) electrons. The maximum Gasteiger partial charge on any atom is 0.337 e. The van der Waals surface area contributed by atoms with Crippen LogP contribution in [0.4, 0.5) is 5.95 Å². The van der Waals surface area contributed by atoms with Gasteiger partial charge in [0.25, 0.3) is 0 Å². The van der Waals surface area contributed by atoms with Crippen LogP contribution in [0.2, 0.25) is 0 Å². The van der Waals surface area contributed by atoms with E-state index in [0.29, 0.717) is 0 Å². The van der Waals surface area contributed by atoms with Crippen LogP contribution < -0.4 is 4.90 Å². The van der Waals surface area contributed by atoms with Crippen molar-refractivity contribution >= 4 is 12.3 Å². The Kier molecular flexibility index (Phi) is 1.46. The Morgan fingerprint density at radius 2 is 2.00 bits per heavy atom. The molecule has 1 aromatic heterocycles. The predicted octanol–water partition coefficient (Wildman–Crippen LogP) is -0.494. The van der Waals surface area contributed by atoms with Crippen LogP contribution in [0.1, 0.15) is 0 Å². The van der Waals surface area contributed by atoms with Crippen LogP contribution in [0, 0.1) is 0 Å². The molecule has 54 valence electrons. The maximum atomic E-state index is 4.07. The third-order valence-electron chi connectivity index (χ3n) is 1.38. The molecule has 1 aliphatic heterocycles. The third kappa shape index (κ3) is 1.15. The number of aliphatic imine (C=N–C) groups is 1. The van der Waals surface area contributed by atoms with E-state index >= 15 is 0 Å². The molecular formula is C7H7N4+. The van der Waals surface area contributed by atoms with E-state index in [-0.39, 0.29) is 0 Å². The average molecular weight is 147 g/mol. The van der Waals surface area contributed by atoms with Crippen molar-refractivity contribution in [3.05, 3.63) is 30.9 Å². The van der Waals surface area contributed by atoms with Gasteiger partial charge in [-0.05, 0) is 6.07 Å². The Labute approximate surface area is 63.9 Å². The fraction of sp³-hybridized carbons (Fsp3) is 0. The number of quaternary nitrogens is 1. The fourth-order valence-corrected chi connectivity index (χ4v) is 0.870. The van der Waals surface area contributed by atoms with Crippen LogP contribution >= 0.6 is 0 Å². The Balaban J connectivity index is 2.30. The zero-order valence-corrected chi connectivity index (χ0v) is 5.81. The van der Waals surface area contributed by atoms with Gasteiger partial charge in [-0.15, -0.1) is 0 Å². The summed E-state index contributed by atoms with van der Waals surface area (Å²) < 4.78 is 0. The maximum absolute atomic E-state index is 4.07. The van der Waals surface area contributed by atoms with E-state index in [9.17, 15) is 0 Å². The second-order valence-electron chi connectivity index (χ2n) is 2.12. The molecule has 0 bridgehead atoms. The van der Waals surface area contributed by atoms with Crippen molar-refractivity contribution in [2.24, 2.45) is 4.99 Å². The second-order valence-corrected chi connectivity index (χ2v) is 2.12. The van der Waals surface area contributed by atoms with Crippen molar-refractivity contribution < 1.29 is 4.90 Å². The van der Waals surface area contributed by atoms with E-state index in [1.54, 1.807) is 31.0 Å². The van der Waals surface area contributed by atoms with Gasteiger partial charge in [0, 0.05) is 12.4 Å². The number of hydrogen-bond acceptors (Lipinski definition) is 3. The Bertz CT molecular complexity index is 279. The van der Waals surface area contributed by atoms with Crippen molar-refractivity contribution in [2.75, 3.05) is 0 Å². The van der Waals surface area contributed by atoms with E-state index in [0.717, 1.165) is 10.8 Å². The topological polar surface area (TPSA) is 42.6 Å². The normalized spacial score (nSPS) is 20.9. The van der Waals surface area contributed by atoms with Gasteiger partial charge in [-0.25, -0.2) is 4.99 Å². The molecule has 0 aromatic carbocycles. The van der Waals surface area contributed by atoms with Crippen LogP contribution in [-0.2, 0) is 0 Å². The summed E-state index contributed by atoms with van der Waals surface area (Å²) in [7, 11) is 0. The molecule has 11 heavy (non-hydrogen) atoms. The average Bonchev–Trinajstić information content (AvgIpc) is 2.58. The molecule has 0 amide bonds. The second kappa shape index (κ2) is 2.59. The predicted molar refractivity (Wildman–Crippen MR) is 40.3 cm³/mol. The van der Waals surface area contributed by atoms with Crippen molar-refractivity contribution in [3.8, 4) is 0 Å². The molecule has 0 spiro atoms. The van der Waals surface area contributed by atoms with Gasteiger partial charge in [0.1, 0.15) is 6.20 Å². The smallest absolute Gasteiger partial charge is 0.205 e. The van der Waals surface area contributed by atoms with E-state index in [4.69, 9.17) is 0 Å². The van der Waals surface area contributed by atoms with Crippen molar-refractivity contribution in [1.29, 1.82) is 0 Å². The highest BCUT2D eigenvalue weighted by Gasteiger charge is 2.11. The van der Waals surface area contributed by atoms with Gasteiger partial charge < -0.3 is 0 Å². The van der Waals surface area contributed by atoms with Crippen molar-refractivity contribution in [2.45, 2.75) is 0 Å². The molecule has 4 heteroatoms. The summed E-state index contributed by atoms with van der Waals surface area (Å²) >= 11 is 0. The lowest BCUT2D eigenvalue weighted by atomic mass is 10.6. The summed E-state index contributed by atoms with van der Waals surface area (Å²) in [6, 6.07) is 1.79. The first-order chi connectivity index (χ1) is 5.47. The summed E-state index contributed by atoms with van der Waals surface area (Å²) in [6.45, 7) is 0. The number of rotatable bonds is 1. The number of hydrogen-bond donors (Lipinski definition) is 1. The molecule has 4 nitrogen and oxygen atoms in total. The number of aromatic nitrogens is 2. The van der Waals surface area contributed by atoms with Gasteiger partial charge in [-0.1, -0.05) is 0 Å². The Hall–Kier alpha value is -1.55. The molecule has 1 unspecified atom stereocenters. The van der Waals surface area contributed by atoms with Crippen LogP contribution in [0.5, 0.6) is 0 Å². The summed E-state index contributed by atoms with van der Waals surface area (Å²) in [5, 5.41) is 0. The highest BCUT2D eigenvalue weighted by atomic mass is 15.3. The molecule has 2 rings (SSSR count). The zero-order valence-electron chi connectivity index (χ0n) is 5.81. The van der Waals surface area contributed by atoms with Gasteiger partial charge in [0.15, 0.2) is 0 Å². The van der Waals surface area contributed by atoms with Crippen LogP contribution in [0.25, 0.3) is 0 Å². The summed E-state index contributed by atoms with van der Waals surface area (Å²) in [6.07, 6.45) is 8.79. The van der Waals surface area contributed by atoms with E-state index in [1.807, 2.05) is 6.20 Å². The number of nitrogens with one attached hydrogen (secondary N) is 1. The highest BCUT2D eigenvalue weighted by molar-refractivity contribution is 5.50. The van der Waals surface area contributed by atoms with E-state index in [1.165, 1.54) is 0 Å². The van der Waals surface area contributed by atoms with Gasteiger partial charge in [0.2, 0.25) is 6.34 Å². The fourth-order valence-electron chi connectivity index (χ4n) is 0.870. The molecule has 2 heterocycles. The highest BCUT2D eigenvalue weighted by Crippen LogP contribution is 1.86. The van der Waals surface area contributed by atoms with Gasteiger partial charge in [0.05, 0.1) is 6.20 Å². The largest absolute Gasteiger partial charge is 0.337 e. The molecule has 0 aliphatic carbocycles. The van der Waals surface area contributed by atoms with Crippen LogP contribution in [-0.4, -0.2) is 16.3 Å². The summed E-state index contributed by atoms with van der Waals surface area (Å²) in [5.41, 5.74) is 0. The minimum absolute atomic E-state index is 0.727. The van der Waals surface area contributed by atoms with Crippen molar-refractivity contribution in [3.63, 3.8) is 0 Å². The first-order valence-corrected chi connectivity index (χ1v) is 3.31. The molecule has 0 saturated carbocycles.